The van der Waals surface area contributed by atoms with Crippen LogP contribution in [0.15, 0.2) is 36.5 Å². The van der Waals surface area contributed by atoms with Crippen LogP contribution in [0.2, 0.25) is 0 Å². The van der Waals surface area contributed by atoms with Gasteiger partial charge in [0.05, 0.1) is 6.20 Å². The van der Waals surface area contributed by atoms with Gasteiger partial charge in [0.2, 0.25) is 0 Å². The summed E-state index contributed by atoms with van der Waals surface area (Å²) < 4.78 is 1.69. The average molecular weight is 369 g/mol. The molecule has 1 fully saturated rings. The minimum Gasteiger partial charge on any atom is -0.348 e. The summed E-state index contributed by atoms with van der Waals surface area (Å²) in [6, 6.07) is 9.68. The molecule has 0 bridgehead atoms. The van der Waals surface area contributed by atoms with Crippen molar-refractivity contribution < 1.29 is 9.59 Å². The molecule has 1 N–H and O–H groups in total. The van der Waals surface area contributed by atoms with Crippen LogP contribution in [0.5, 0.6) is 0 Å². The first kappa shape index (κ1) is 19.1. The summed E-state index contributed by atoms with van der Waals surface area (Å²) in [7, 11) is 0. The standard InChI is InChI=1S/C20H27N5O2/c1-15(2)21-19(26)18-14-24(23-22-18)13-11-17-10-6-7-12-25(17)20(27)16-8-4-3-5-9-16/h3-5,8-9,14-15,17H,6-7,10-13H2,1-2H3,(H,21,26)/t17-/m0/s1. The summed E-state index contributed by atoms with van der Waals surface area (Å²) in [5.41, 5.74) is 1.06. The van der Waals surface area contributed by atoms with Crippen molar-refractivity contribution >= 4 is 11.8 Å². The van der Waals surface area contributed by atoms with Gasteiger partial charge in [-0.3, -0.25) is 14.3 Å². The maximum Gasteiger partial charge on any atom is 0.273 e. The molecule has 3 rings (SSSR count). The minimum absolute atomic E-state index is 0.0578. The van der Waals surface area contributed by atoms with Gasteiger partial charge in [0, 0.05) is 30.7 Å². The van der Waals surface area contributed by atoms with Gasteiger partial charge in [-0.2, -0.15) is 0 Å². The molecule has 1 saturated heterocycles. The van der Waals surface area contributed by atoms with Crippen LogP contribution in [0.4, 0.5) is 0 Å². The lowest BCUT2D eigenvalue weighted by Gasteiger charge is -2.36. The van der Waals surface area contributed by atoms with Crippen molar-refractivity contribution in [3.8, 4) is 0 Å². The number of aryl methyl sites for hydroxylation is 1. The Morgan fingerprint density at radius 2 is 2.00 bits per heavy atom. The third-order valence-corrected chi connectivity index (χ3v) is 4.79. The summed E-state index contributed by atoms with van der Waals surface area (Å²) in [6.45, 7) is 5.23. The number of likely N-dealkylation sites (tertiary alicyclic amines) is 1. The number of nitrogens with zero attached hydrogens (tertiary/aromatic N) is 4. The summed E-state index contributed by atoms with van der Waals surface area (Å²) in [5, 5.41) is 10.8. The summed E-state index contributed by atoms with van der Waals surface area (Å²) in [6.07, 6.45) is 5.63. The SMILES string of the molecule is CC(C)NC(=O)c1cn(CC[C@@H]2CCCCN2C(=O)c2ccccc2)nn1. The average Bonchev–Trinajstić information content (AvgIpc) is 3.15. The zero-order chi connectivity index (χ0) is 19.2. The van der Waals surface area contributed by atoms with Crippen LogP contribution in [-0.4, -0.2) is 50.3 Å². The molecule has 0 aliphatic carbocycles. The number of benzene rings is 1. The Kier molecular flexibility index (Phi) is 6.21. The quantitative estimate of drug-likeness (QED) is 0.848. The van der Waals surface area contributed by atoms with Gasteiger partial charge in [0.15, 0.2) is 5.69 Å². The third-order valence-electron chi connectivity index (χ3n) is 4.79. The van der Waals surface area contributed by atoms with Crippen LogP contribution in [0.3, 0.4) is 0 Å². The van der Waals surface area contributed by atoms with E-state index < -0.39 is 0 Å². The molecule has 1 aliphatic heterocycles. The molecule has 27 heavy (non-hydrogen) atoms. The number of amides is 2. The number of carbonyl (C=O) groups excluding carboxylic acids is 2. The molecule has 0 radical (unpaired) electrons. The van der Waals surface area contributed by atoms with Crippen molar-refractivity contribution in [2.75, 3.05) is 6.54 Å². The second kappa shape index (κ2) is 8.79. The largest absolute Gasteiger partial charge is 0.348 e. The fourth-order valence-corrected chi connectivity index (χ4v) is 3.44. The van der Waals surface area contributed by atoms with E-state index in [0.29, 0.717) is 12.2 Å². The van der Waals surface area contributed by atoms with E-state index in [4.69, 9.17) is 0 Å². The van der Waals surface area contributed by atoms with Crippen molar-refractivity contribution in [1.29, 1.82) is 0 Å². The number of aromatic nitrogens is 3. The van der Waals surface area contributed by atoms with Gasteiger partial charge in [0.25, 0.3) is 11.8 Å². The molecule has 2 heterocycles. The predicted molar refractivity (Wildman–Crippen MR) is 102 cm³/mol. The highest BCUT2D eigenvalue weighted by atomic mass is 16.2. The van der Waals surface area contributed by atoms with Crippen molar-refractivity contribution in [1.82, 2.24) is 25.2 Å². The highest BCUT2D eigenvalue weighted by molar-refractivity contribution is 5.94. The van der Waals surface area contributed by atoms with Gasteiger partial charge >= 0.3 is 0 Å². The van der Waals surface area contributed by atoms with Crippen LogP contribution >= 0.6 is 0 Å². The number of rotatable bonds is 6. The Balaban J connectivity index is 1.61. The van der Waals surface area contributed by atoms with E-state index in [1.165, 1.54) is 0 Å². The molecule has 0 unspecified atom stereocenters. The molecular weight excluding hydrogens is 342 g/mol. The Labute approximate surface area is 159 Å². The fourth-order valence-electron chi connectivity index (χ4n) is 3.44. The predicted octanol–water partition coefficient (Wildman–Crippen LogP) is 2.50. The third kappa shape index (κ3) is 4.93. The van der Waals surface area contributed by atoms with E-state index in [-0.39, 0.29) is 23.9 Å². The molecule has 2 aromatic rings. The summed E-state index contributed by atoms with van der Waals surface area (Å²) in [5.74, 6) is -0.120. The smallest absolute Gasteiger partial charge is 0.273 e. The van der Waals surface area contributed by atoms with E-state index in [0.717, 1.165) is 37.8 Å². The number of nitrogens with one attached hydrogen (secondary N) is 1. The van der Waals surface area contributed by atoms with Gasteiger partial charge in [-0.05, 0) is 51.7 Å². The Bertz CT molecular complexity index is 772. The topological polar surface area (TPSA) is 80.1 Å². The first-order valence-corrected chi connectivity index (χ1v) is 9.61. The van der Waals surface area contributed by atoms with Crippen LogP contribution in [0.25, 0.3) is 0 Å². The molecule has 7 nitrogen and oxygen atoms in total. The molecule has 1 aromatic carbocycles. The van der Waals surface area contributed by atoms with E-state index in [1.807, 2.05) is 49.1 Å². The fraction of sp³-hybridized carbons (Fsp3) is 0.500. The molecule has 7 heteroatoms. The summed E-state index contributed by atoms with van der Waals surface area (Å²) in [4.78, 5) is 26.8. The molecule has 2 amide bonds. The van der Waals surface area contributed by atoms with Gasteiger partial charge in [-0.1, -0.05) is 23.4 Å². The highest BCUT2D eigenvalue weighted by Crippen LogP contribution is 2.22. The lowest BCUT2D eigenvalue weighted by Crippen LogP contribution is -2.44. The Hall–Kier alpha value is -2.70. The maximum absolute atomic E-state index is 12.9. The molecular formula is C20H27N5O2. The second-order valence-electron chi connectivity index (χ2n) is 7.30. The molecule has 1 atom stereocenters. The lowest BCUT2D eigenvalue weighted by atomic mass is 9.98. The molecule has 144 valence electrons. The van der Waals surface area contributed by atoms with Gasteiger partial charge in [-0.25, -0.2) is 0 Å². The van der Waals surface area contributed by atoms with Crippen LogP contribution in [0.1, 0.15) is 60.4 Å². The number of piperidine rings is 1. The lowest BCUT2D eigenvalue weighted by molar-refractivity contribution is 0.0593. The van der Waals surface area contributed by atoms with Crippen molar-refractivity contribution in [3.05, 3.63) is 47.8 Å². The maximum atomic E-state index is 12.9. The van der Waals surface area contributed by atoms with Gasteiger partial charge in [-0.15, -0.1) is 5.10 Å². The monoisotopic (exact) mass is 369 g/mol. The molecule has 1 aliphatic rings. The van der Waals surface area contributed by atoms with E-state index in [9.17, 15) is 9.59 Å². The Morgan fingerprint density at radius 1 is 1.22 bits per heavy atom. The normalized spacial score (nSPS) is 17.1. The number of carbonyl (C=O) groups is 2. The van der Waals surface area contributed by atoms with Crippen molar-refractivity contribution in [3.63, 3.8) is 0 Å². The van der Waals surface area contributed by atoms with Crippen molar-refractivity contribution in [2.24, 2.45) is 0 Å². The summed E-state index contributed by atoms with van der Waals surface area (Å²) >= 11 is 0. The second-order valence-corrected chi connectivity index (χ2v) is 7.30. The van der Waals surface area contributed by atoms with E-state index in [2.05, 4.69) is 15.6 Å². The van der Waals surface area contributed by atoms with Gasteiger partial charge < -0.3 is 10.2 Å². The minimum atomic E-state index is -0.213. The van der Waals surface area contributed by atoms with Crippen LogP contribution < -0.4 is 5.32 Å². The van der Waals surface area contributed by atoms with Crippen LogP contribution in [-0.2, 0) is 6.54 Å². The van der Waals surface area contributed by atoms with E-state index in [1.54, 1.807) is 10.9 Å². The molecule has 0 saturated carbocycles. The molecule has 0 spiro atoms. The first-order chi connectivity index (χ1) is 13.0. The van der Waals surface area contributed by atoms with Crippen molar-refractivity contribution in [2.45, 2.75) is 58.2 Å². The zero-order valence-corrected chi connectivity index (χ0v) is 16.0. The highest BCUT2D eigenvalue weighted by Gasteiger charge is 2.27. The molecule has 1 aromatic heterocycles. The van der Waals surface area contributed by atoms with Gasteiger partial charge in [0.1, 0.15) is 0 Å². The number of hydrogen-bond donors (Lipinski definition) is 1. The van der Waals surface area contributed by atoms with Crippen LogP contribution in [0, 0.1) is 0 Å². The van der Waals surface area contributed by atoms with E-state index >= 15 is 0 Å². The first-order valence-electron chi connectivity index (χ1n) is 9.61. The zero-order valence-electron chi connectivity index (χ0n) is 16.0. The Morgan fingerprint density at radius 3 is 2.74 bits per heavy atom. The number of hydrogen-bond acceptors (Lipinski definition) is 4.